The van der Waals surface area contributed by atoms with Crippen molar-refractivity contribution in [3.8, 4) is 0 Å². The molecule has 0 unspecified atom stereocenters. The summed E-state index contributed by atoms with van der Waals surface area (Å²) in [6.07, 6.45) is 4.87. The van der Waals surface area contributed by atoms with Crippen LogP contribution in [0.2, 0.25) is 0 Å². The minimum atomic E-state index is -0.720. The zero-order valence-electron chi connectivity index (χ0n) is 17.2. The van der Waals surface area contributed by atoms with Gasteiger partial charge in [0.25, 0.3) is 0 Å². The second-order valence-corrected chi connectivity index (χ2v) is 8.60. The number of fused-ring (bicyclic) bond motifs is 3. The van der Waals surface area contributed by atoms with E-state index < -0.39 is 5.89 Å². The Balaban J connectivity index is 2.12. The molecular weight excluding hydrogens is 318 g/mol. The van der Waals surface area contributed by atoms with Gasteiger partial charge in [0.1, 0.15) is 11.2 Å². The van der Waals surface area contributed by atoms with Gasteiger partial charge in [-0.15, -0.1) is 0 Å². The molecule has 0 spiro atoms. The van der Waals surface area contributed by atoms with E-state index in [1.807, 2.05) is 12.1 Å². The van der Waals surface area contributed by atoms with Crippen LogP contribution in [-0.4, -0.2) is 0 Å². The highest BCUT2D eigenvalue weighted by Crippen LogP contribution is 2.46. The van der Waals surface area contributed by atoms with Crippen LogP contribution in [0.15, 0.2) is 28.7 Å². The average Bonchev–Trinajstić information content (AvgIpc) is 2.97. The molecule has 2 heteroatoms. The predicted molar refractivity (Wildman–Crippen MR) is 109 cm³/mol. The summed E-state index contributed by atoms with van der Waals surface area (Å²) >= 11 is 0. The number of benzene rings is 2. The van der Waals surface area contributed by atoms with E-state index in [2.05, 4.69) is 44.7 Å². The van der Waals surface area contributed by atoms with E-state index in [1.54, 1.807) is 0 Å². The van der Waals surface area contributed by atoms with Gasteiger partial charge in [0.15, 0.2) is 5.69 Å². The molecule has 2 nitrogen and oxygen atoms in total. The Hall–Kier alpha value is -2.27. The molecule has 0 amide bonds. The van der Waals surface area contributed by atoms with Crippen molar-refractivity contribution in [3.05, 3.63) is 52.4 Å². The van der Waals surface area contributed by atoms with Gasteiger partial charge in [-0.1, -0.05) is 64.3 Å². The van der Waals surface area contributed by atoms with Gasteiger partial charge in [-0.2, -0.15) is 0 Å². The maximum Gasteiger partial charge on any atom is 0.194 e. The van der Waals surface area contributed by atoms with Crippen LogP contribution in [0.4, 0.5) is 5.69 Å². The second-order valence-electron chi connectivity index (χ2n) is 8.60. The molecule has 0 aliphatic heterocycles. The van der Waals surface area contributed by atoms with Crippen LogP contribution in [0, 0.1) is 13.5 Å². The SMILES string of the molecule is [2H]C1(c2c([N+]#[C-])ccc3c2oc2c(C(C)(C)C)c(C)ccc23)CCCCC1. The molecule has 2 aromatic carbocycles. The van der Waals surface area contributed by atoms with E-state index in [0.29, 0.717) is 5.69 Å². The van der Waals surface area contributed by atoms with E-state index in [1.165, 1.54) is 17.5 Å². The molecule has 0 atom stereocenters. The summed E-state index contributed by atoms with van der Waals surface area (Å²) in [6, 6.07) is 8.19. The van der Waals surface area contributed by atoms with Crippen molar-refractivity contribution >= 4 is 27.6 Å². The van der Waals surface area contributed by atoms with E-state index in [9.17, 15) is 1.37 Å². The van der Waals surface area contributed by atoms with E-state index >= 15 is 0 Å². The molecule has 1 saturated carbocycles. The summed E-state index contributed by atoms with van der Waals surface area (Å²) in [5.41, 5.74) is 5.46. The molecule has 1 fully saturated rings. The van der Waals surface area contributed by atoms with Crippen LogP contribution in [0.3, 0.4) is 0 Å². The standard InChI is InChI=1S/C24H27NO/c1-15-11-12-18-17-13-14-19(25-5)20(16-9-7-6-8-10-16)22(17)26-23(18)21(15)24(2,3)4/h11-14,16H,6-10H2,1-4H3/i16D. The first kappa shape index (κ1) is 15.9. The Labute approximate surface area is 157 Å². The maximum atomic E-state index is 9.18. The number of aryl methyl sites for hydroxylation is 1. The highest BCUT2D eigenvalue weighted by Gasteiger charge is 2.27. The van der Waals surface area contributed by atoms with Crippen molar-refractivity contribution in [2.45, 2.75) is 71.1 Å². The van der Waals surface area contributed by atoms with Crippen molar-refractivity contribution in [1.29, 1.82) is 0 Å². The lowest BCUT2D eigenvalue weighted by atomic mass is 9.82. The molecule has 0 bridgehead atoms. The van der Waals surface area contributed by atoms with Crippen LogP contribution in [-0.2, 0) is 5.41 Å². The number of nitrogens with zero attached hydrogens (tertiary/aromatic N) is 1. The zero-order valence-corrected chi connectivity index (χ0v) is 16.2. The van der Waals surface area contributed by atoms with Crippen molar-refractivity contribution in [3.63, 3.8) is 0 Å². The maximum absolute atomic E-state index is 9.18. The van der Waals surface area contributed by atoms with Gasteiger partial charge in [-0.25, -0.2) is 4.85 Å². The largest absolute Gasteiger partial charge is 0.457 e. The summed E-state index contributed by atoms with van der Waals surface area (Å²) in [6.45, 7) is 16.4. The first-order chi connectivity index (χ1) is 12.8. The average molecular weight is 346 g/mol. The predicted octanol–water partition coefficient (Wildman–Crippen LogP) is 7.79. The molecule has 26 heavy (non-hydrogen) atoms. The van der Waals surface area contributed by atoms with Gasteiger partial charge in [-0.3, -0.25) is 0 Å². The topological polar surface area (TPSA) is 17.5 Å². The van der Waals surface area contributed by atoms with Crippen molar-refractivity contribution in [2.75, 3.05) is 0 Å². The fourth-order valence-electron chi connectivity index (χ4n) is 4.59. The summed E-state index contributed by atoms with van der Waals surface area (Å²) in [4.78, 5) is 3.77. The Bertz CT molecular complexity index is 1070. The third kappa shape index (κ3) is 2.62. The molecule has 1 aliphatic rings. The highest BCUT2D eigenvalue weighted by atomic mass is 16.3. The van der Waals surface area contributed by atoms with Crippen molar-refractivity contribution in [1.82, 2.24) is 0 Å². The summed E-state index contributed by atoms with van der Waals surface area (Å²) < 4.78 is 15.7. The summed E-state index contributed by atoms with van der Waals surface area (Å²) in [7, 11) is 0. The highest BCUT2D eigenvalue weighted by molar-refractivity contribution is 6.08. The number of hydrogen-bond acceptors (Lipinski definition) is 1. The Morgan fingerprint density at radius 3 is 2.35 bits per heavy atom. The van der Waals surface area contributed by atoms with Gasteiger partial charge in [-0.05, 0) is 36.6 Å². The second kappa shape index (κ2) is 6.16. The molecule has 3 aromatic rings. The first-order valence-corrected chi connectivity index (χ1v) is 9.63. The fraction of sp³-hybridized carbons (Fsp3) is 0.458. The monoisotopic (exact) mass is 346 g/mol. The minimum absolute atomic E-state index is 0.0379. The molecule has 1 aliphatic carbocycles. The minimum Gasteiger partial charge on any atom is -0.457 e. The number of furan rings is 1. The quantitative estimate of drug-likeness (QED) is 0.411. The fourth-order valence-corrected chi connectivity index (χ4v) is 4.59. The third-order valence-corrected chi connectivity index (χ3v) is 5.68. The normalized spacial score (nSPS) is 18.0. The van der Waals surface area contributed by atoms with Crippen molar-refractivity contribution in [2.24, 2.45) is 0 Å². The number of rotatable bonds is 1. The van der Waals surface area contributed by atoms with Gasteiger partial charge < -0.3 is 4.42 Å². The van der Waals surface area contributed by atoms with Crippen LogP contribution in [0.1, 0.15) is 76.8 Å². The lowest BCUT2D eigenvalue weighted by Gasteiger charge is -2.23. The van der Waals surface area contributed by atoms with Gasteiger partial charge >= 0.3 is 0 Å². The van der Waals surface area contributed by atoms with Crippen molar-refractivity contribution < 1.29 is 5.79 Å². The molecule has 0 saturated heterocycles. The molecule has 0 radical (unpaired) electrons. The van der Waals surface area contributed by atoms with Crippen LogP contribution < -0.4 is 0 Å². The molecule has 1 aromatic heterocycles. The lowest BCUT2D eigenvalue weighted by molar-refractivity contribution is 0.443. The van der Waals surface area contributed by atoms with Gasteiger partial charge in [0, 0.05) is 23.3 Å². The molecule has 1 heterocycles. The van der Waals surface area contributed by atoms with E-state index in [-0.39, 0.29) is 5.41 Å². The lowest BCUT2D eigenvalue weighted by Crippen LogP contribution is -2.13. The summed E-state index contributed by atoms with van der Waals surface area (Å²) in [5.74, 6) is -0.720. The van der Waals surface area contributed by atoms with Gasteiger partial charge in [0.05, 0.1) is 6.57 Å². The molecule has 4 rings (SSSR count). The molecule has 134 valence electrons. The van der Waals surface area contributed by atoms with Gasteiger partial charge in [0.2, 0.25) is 0 Å². The third-order valence-electron chi connectivity index (χ3n) is 5.68. The van der Waals surface area contributed by atoms with Crippen LogP contribution in [0.25, 0.3) is 26.8 Å². The van der Waals surface area contributed by atoms with Crippen LogP contribution in [0.5, 0.6) is 0 Å². The summed E-state index contributed by atoms with van der Waals surface area (Å²) in [5, 5.41) is 2.13. The Morgan fingerprint density at radius 1 is 1.04 bits per heavy atom. The zero-order chi connectivity index (χ0) is 19.4. The smallest absolute Gasteiger partial charge is 0.194 e. The van der Waals surface area contributed by atoms with E-state index in [4.69, 9.17) is 11.0 Å². The van der Waals surface area contributed by atoms with E-state index in [0.717, 1.165) is 53.2 Å². The Morgan fingerprint density at radius 2 is 1.69 bits per heavy atom. The Kier molecular flexibility index (Phi) is 3.78. The number of hydrogen-bond donors (Lipinski definition) is 0. The molecular formula is C24H27NO. The van der Waals surface area contributed by atoms with Crippen LogP contribution >= 0.6 is 0 Å². The molecule has 0 N–H and O–H groups in total. The first-order valence-electron chi connectivity index (χ1n) is 10.1.